The number of rotatable bonds is 19. The van der Waals surface area contributed by atoms with E-state index in [4.69, 9.17) is 0 Å². The van der Waals surface area contributed by atoms with Crippen molar-refractivity contribution in [2.24, 2.45) is 0 Å². The van der Waals surface area contributed by atoms with Gasteiger partial charge in [0.25, 0.3) is 0 Å². The lowest BCUT2D eigenvalue weighted by atomic mass is 10.1. The molecule has 0 bridgehead atoms. The van der Waals surface area contributed by atoms with Gasteiger partial charge in [0.2, 0.25) is 0 Å². The zero-order valence-corrected chi connectivity index (χ0v) is 18.7. The van der Waals surface area contributed by atoms with E-state index >= 15 is 0 Å². The Morgan fingerprint density at radius 3 is 1.10 bits per heavy atom. The van der Waals surface area contributed by atoms with Crippen molar-refractivity contribution in [2.45, 2.75) is 38.5 Å². The summed E-state index contributed by atoms with van der Waals surface area (Å²) >= 11 is 0. The zero-order valence-electron chi connectivity index (χ0n) is 18.7. The summed E-state index contributed by atoms with van der Waals surface area (Å²) in [7, 11) is 0. The second-order valence-electron chi connectivity index (χ2n) is 7.89. The highest BCUT2D eigenvalue weighted by Gasteiger charge is 1.94. The van der Waals surface area contributed by atoms with E-state index in [1.165, 1.54) is 49.7 Å². The summed E-state index contributed by atoms with van der Waals surface area (Å²) < 4.78 is 0. The molecule has 0 saturated carbocycles. The molecule has 166 valence electrons. The van der Waals surface area contributed by atoms with Gasteiger partial charge in [-0.1, -0.05) is 60.7 Å². The molecule has 0 unspecified atom stereocenters. The van der Waals surface area contributed by atoms with Crippen LogP contribution in [0.25, 0.3) is 0 Å². The van der Waals surface area contributed by atoms with Gasteiger partial charge in [-0.3, -0.25) is 0 Å². The fourth-order valence-corrected chi connectivity index (χ4v) is 3.48. The first-order chi connectivity index (χ1) is 14.9. The van der Waals surface area contributed by atoms with Crippen molar-refractivity contribution in [3.63, 3.8) is 0 Å². The molecule has 0 heterocycles. The molecule has 0 aliphatic rings. The van der Waals surface area contributed by atoms with Crippen LogP contribution in [0, 0.1) is 0 Å². The summed E-state index contributed by atoms with van der Waals surface area (Å²) in [4.78, 5) is 0. The Morgan fingerprint density at radius 2 is 0.700 bits per heavy atom. The van der Waals surface area contributed by atoms with Crippen LogP contribution in [0.2, 0.25) is 0 Å². The molecule has 2 aromatic carbocycles. The van der Waals surface area contributed by atoms with Gasteiger partial charge in [-0.05, 0) is 88.9 Å². The molecule has 4 nitrogen and oxygen atoms in total. The maximum absolute atomic E-state index is 3.54. The third kappa shape index (κ3) is 13.5. The lowest BCUT2D eigenvalue weighted by molar-refractivity contribution is 0.551. The molecule has 2 aromatic rings. The van der Waals surface area contributed by atoms with Gasteiger partial charge in [0.05, 0.1) is 0 Å². The standard InChI is InChI=1S/C26H42N4/c1-3-11-25(12-4-1)15-7-17-27-19-9-21-29-23-24-30-22-10-20-28-18-8-16-26-13-5-2-6-14-26/h1-6,11-14,27-30H,7-10,15-24H2. The summed E-state index contributed by atoms with van der Waals surface area (Å²) in [6, 6.07) is 21.5. The van der Waals surface area contributed by atoms with Gasteiger partial charge in [-0.25, -0.2) is 0 Å². The first-order valence-electron chi connectivity index (χ1n) is 11.9. The van der Waals surface area contributed by atoms with E-state index < -0.39 is 0 Å². The largest absolute Gasteiger partial charge is 0.317 e. The van der Waals surface area contributed by atoms with E-state index in [1.807, 2.05) is 0 Å². The minimum atomic E-state index is 1.05. The van der Waals surface area contributed by atoms with E-state index in [0.717, 1.165) is 52.4 Å². The normalized spacial score (nSPS) is 11.1. The van der Waals surface area contributed by atoms with Crippen LogP contribution >= 0.6 is 0 Å². The third-order valence-corrected chi connectivity index (χ3v) is 5.22. The molecule has 0 aromatic heterocycles. The van der Waals surface area contributed by atoms with E-state index in [1.54, 1.807) is 0 Å². The topological polar surface area (TPSA) is 48.1 Å². The molecule has 0 saturated heterocycles. The van der Waals surface area contributed by atoms with Crippen LogP contribution in [0.3, 0.4) is 0 Å². The molecular weight excluding hydrogens is 368 g/mol. The fourth-order valence-electron chi connectivity index (χ4n) is 3.48. The zero-order chi connectivity index (χ0) is 21.0. The molecule has 0 fully saturated rings. The van der Waals surface area contributed by atoms with Crippen molar-refractivity contribution in [3.8, 4) is 0 Å². The molecule has 4 N–H and O–H groups in total. The van der Waals surface area contributed by atoms with Gasteiger partial charge in [-0.2, -0.15) is 0 Å². The molecule has 30 heavy (non-hydrogen) atoms. The quantitative estimate of drug-likeness (QED) is 0.268. The van der Waals surface area contributed by atoms with Crippen molar-refractivity contribution < 1.29 is 0 Å². The maximum Gasteiger partial charge on any atom is 0.00767 e. The predicted molar refractivity (Wildman–Crippen MR) is 130 cm³/mol. The van der Waals surface area contributed by atoms with Crippen LogP contribution in [0.1, 0.15) is 36.8 Å². The van der Waals surface area contributed by atoms with Crippen molar-refractivity contribution in [1.29, 1.82) is 0 Å². The maximum atomic E-state index is 3.54. The number of hydrogen-bond donors (Lipinski definition) is 4. The van der Waals surface area contributed by atoms with Crippen LogP contribution < -0.4 is 21.3 Å². The Kier molecular flexibility index (Phi) is 14.8. The van der Waals surface area contributed by atoms with Crippen LogP contribution in [0.4, 0.5) is 0 Å². The first kappa shape index (κ1) is 24.5. The molecule has 0 aliphatic heterocycles. The molecule has 0 radical (unpaired) electrons. The fraction of sp³-hybridized carbons (Fsp3) is 0.538. The highest BCUT2D eigenvalue weighted by molar-refractivity contribution is 5.15. The highest BCUT2D eigenvalue weighted by Crippen LogP contribution is 2.02. The summed E-state index contributed by atoms with van der Waals surface area (Å²) in [6.45, 7) is 8.72. The monoisotopic (exact) mass is 410 g/mol. The Labute approximate surface area is 184 Å². The van der Waals surface area contributed by atoms with Crippen LogP contribution in [-0.4, -0.2) is 52.4 Å². The summed E-state index contributed by atoms with van der Waals surface area (Å²) in [5.41, 5.74) is 2.87. The van der Waals surface area contributed by atoms with E-state index in [9.17, 15) is 0 Å². The molecule has 0 atom stereocenters. The number of aryl methyl sites for hydroxylation is 2. The Hall–Kier alpha value is -1.72. The van der Waals surface area contributed by atoms with Gasteiger partial charge >= 0.3 is 0 Å². The van der Waals surface area contributed by atoms with E-state index in [0.29, 0.717) is 0 Å². The lowest BCUT2D eigenvalue weighted by Crippen LogP contribution is -2.31. The molecule has 0 aliphatic carbocycles. The Morgan fingerprint density at radius 1 is 0.367 bits per heavy atom. The molecule has 0 amide bonds. The van der Waals surface area contributed by atoms with Gasteiger partial charge in [0.1, 0.15) is 0 Å². The van der Waals surface area contributed by atoms with Crippen molar-refractivity contribution in [1.82, 2.24) is 21.3 Å². The SMILES string of the molecule is c1ccc(CCCNCCCNCCNCCCNCCCc2ccccc2)cc1. The Balaban J connectivity index is 1.23. The van der Waals surface area contributed by atoms with Gasteiger partial charge in [0.15, 0.2) is 0 Å². The minimum absolute atomic E-state index is 1.05. The van der Waals surface area contributed by atoms with E-state index in [-0.39, 0.29) is 0 Å². The molecular formula is C26H42N4. The summed E-state index contributed by atoms with van der Waals surface area (Å²) in [5, 5.41) is 14.1. The van der Waals surface area contributed by atoms with Gasteiger partial charge in [0, 0.05) is 13.1 Å². The van der Waals surface area contributed by atoms with Crippen LogP contribution in [0.15, 0.2) is 60.7 Å². The number of nitrogens with one attached hydrogen (secondary N) is 4. The highest BCUT2D eigenvalue weighted by atomic mass is 14.9. The predicted octanol–water partition coefficient (Wildman–Crippen LogP) is 3.39. The average molecular weight is 411 g/mol. The minimum Gasteiger partial charge on any atom is -0.317 e. The number of hydrogen-bond acceptors (Lipinski definition) is 4. The van der Waals surface area contributed by atoms with Gasteiger partial charge < -0.3 is 21.3 Å². The lowest BCUT2D eigenvalue weighted by Gasteiger charge is -2.08. The van der Waals surface area contributed by atoms with Gasteiger partial charge in [-0.15, -0.1) is 0 Å². The molecule has 0 spiro atoms. The summed E-state index contributed by atoms with van der Waals surface area (Å²) in [5.74, 6) is 0. The van der Waals surface area contributed by atoms with Crippen molar-refractivity contribution in [2.75, 3.05) is 52.4 Å². The second kappa shape index (κ2) is 18.1. The first-order valence-corrected chi connectivity index (χ1v) is 11.9. The third-order valence-electron chi connectivity index (χ3n) is 5.22. The van der Waals surface area contributed by atoms with Crippen molar-refractivity contribution in [3.05, 3.63) is 71.8 Å². The molecule has 4 heteroatoms. The molecule has 2 rings (SSSR count). The van der Waals surface area contributed by atoms with Crippen LogP contribution in [-0.2, 0) is 12.8 Å². The van der Waals surface area contributed by atoms with Crippen LogP contribution in [0.5, 0.6) is 0 Å². The Bertz CT molecular complexity index is 547. The van der Waals surface area contributed by atoms with E-state index in [2.05, 4.69) is 81.9 Å². The summed E-state index contributed by atoms with van der Waals surface area (Å²) in [6.07, 6.45) is 7.14. The average Bonchev–Trinajstić information content (AvgIpc) is 2.79. The number of benzene rings is 2. The second-order valence-corrected chi connectivity index (χ2v) is 7.89. The van der Waals surface area contributed by atoms with Crippen molar-refractivity contribution >= 4 is 0 Å². The smallest absolute Gasteiger partial charge is 0.00767 e.